The number of rotatable bonds is 8. The van der Waals surface area contributed by atoms with Crippen LogP contribution in [0.15, 0.2) is 30.6 Å². The molecule has 0 spiro atoms. The third kappa shape index (κ3) is 4.33. The molecule has 1 unspecified atom stereocenters. The van der Waals surface area contributed by atoms with Crippen LogP contribution in [0.3, 0.4) is 0 Å². The minimum absolute atomic E-state index is 0.0000994. The van der Waals surface area contributed by atoms with Gasteiger partial charge in [-0.25, -0.2) is 9.97 Å². The molecule has 3 N–H and O–H groups in total. The quantitative estimate of drug-likeness (QED) is 0.519. The molecule has 9 heteroatoms. The number of nitrogen functional groups attached to an aromatic ring is 1. The van der Waals surface area contributed by atoms with Gasteiger partial charge < -0.3 is 25.3 Å². The molecule has 2 aliphatic rings. The number of nitrogens with two attached hydrogens (primary N) is 1. The Labute approximate surface area is 198 Å². The van der Waals surface area contributed by atoms with E-state index >= 15 is 0 Å². The molecular formula is C25H31N5O4. The number of nitrogens with one attached hydrogen (secondary N) is 1. The van der Waals surface area contributed by atoms with Gasteiger partial charge in [0.1, 0.15) is 30.0 Å². The summed E-state index contributed by atoms with van der Waals surface area (Å²) in [5.41, 5.74) is 8.77. The molecule has 0 bridgehead atoms. The first-order valence-corrected chi connectivity index (χ1v) is 11.8. The zero-order valence-electron chi connectivity index (χ0n) is 19.7. The molecule has 1 aliphatic carbocycles. The number of amides is 1. The summed E-state index contributed by atoms with van der Waals surface area (Å²) in [7, 11) is 1.65. The Hall–Kier alpha value is -3.17. The van der Waals surface area contributed by atoms with E-state index in [0.717, 1.165) is 44.3 Å². The second-order valence-corrected chi connectivity index (χ2v) is 9.35. The van der Waals surface area contributed by atoms with Crippen LogP contribution < -0.4 is 15.8 Å². The van der Waals surface area contributed by atoms with E-state index in [1.807, 2.05) is 28.8 Å². The van der Waals surface area contributed by atoms with Crippen LogP contribution >= 0.6 is 0 Å². The summed E-state index contributed by atoms with van der Waals surface area (Å²) in [6, 6.07) is 7.54. The molecule has 2 fully saturated rings. The van der Waals surface area contributed by atoms with Crippen LogP contribution in [0.1, 0.15) is 54.9 Å². The van der Waals surface area contributed by atoms with Gasteiger partial charge in [0.05, 0.1) is 18.1 Å². The van der Waals surface area contributed by atoms with Crippen molar-refractivity contribution in [2.45, 2.75) is 57.3 Å². The molecule has 1 saturated carbocycles. The number of carbonyl (C=O) groups excluding carboxylic acids is 1. The van der Waals surface area contributed by atoms with Gasteiger partial charge in [0.25, 0.3) is 5.91 Å². The van der Waals surface area contributed by atoms with Gasteiger partial charge in [0.2, 0.25) is 5.88 Å². The minimum Gasteiger partial charge on any atom is -0.475 e. The van der Waals surface area contributed by atoms with Gasteiger partial charge in [-0.2, -0.15) is 0 Å². The lowest BCUT2D eigenvalue weighted by Crippen LogP contribution is -2.27. The smallest absolute Gasteiger partial charge is 0.261 e. The number of benzene rings is 1. The normalized spacial score (nSPS) is 19.2. The predicted molar refractivity (Wildman–Crippen MR) is 129 cm³/mol. The molecule has 3 aromatic rings. The highest BCUT2D eigenvalue weighted by molar-refractivity contribution is 6.17. The van der Waals surface area contributed by atoms with Crippen molar-refractivity contribution in [1.82, 2.24) is 14.5 Å². The number of fused-ring (bicyclic) bond motifs is 1. The lowest BCUT2D eigenvalue weighted by Gasteiger charge is -2.24. The molecule has 1 saturated heterocycles. The van der Waals surface area contributed by atoms with E-state index in [4.69, 9.17) is 19.9 Å². The Morgan fingerprint density at radius 3 is 2.74 bits per heavy atom. The molecule has 9 nitrogen and oxygen atoms in total. The number of carbonyl (C=O) groups is 1. The van der Waals surface area contributed by atoms with Crippen LogP contribution in [0, 0.1) is 0 Å². The first kappa shape index (κ1) is 22.6. The summed E-state index contributed by atoms with van der Waals surface area (Å²) >= 11 is 0. The van der Waals surface area contributed by atoms with Crippen molar-refractivity contribution in [3.8, 4) is 5.88 Å². The number of hydrogen-bond acceptors (Lipinski definition) is 7. The van der Waals surface area contributed by atoms with E-state index in [1.165, 1.54) is 6.33 Å². The summed E-state index contributed by atoms with van der Waals surface area (Å²) in [6.45, 7) is 3.76. The Kier molecular flexibility index (Phi) is 6.14. The van der Waals surface area contributed by atoms with Crippen molar-refractivity contribution >= 4 is 28.4 Å². The van der Waals surface area contributed by atoms with Crippen molar-refractivity contribution in [3.63, 3.8) is 0 Å². The average molecular weight is 466 g/mol. The molecular weight excluding hydrogens is 434 g/mol. The maximum atomic E-state index is 13.7. The monoisotopic (exact) mass is 465 g/mol. The zero-order valence-corrected chi connectivity index (χ0v) is 19.7. The minimum atomic E-state index is -0.312. The zero-order chi connectivity index (χ0) is 23.7. The number of methoxy groups -OCH3 is 1. The Morgan fingerprint density at radius 2 is 2.06 bits per heavy atom. The van der Waals surface area contributed by atoms with Crippen LogP contribution in [-0.4, -0.2) is 46.9 Å². The van der Waals surface area contributed by atoms with Gasteiger partial charge in [-0.3, -0.25) is 9.36 Å². The standard InChI is InChI=1S/C25H31N5O4/c1-25(10-11-25)30-22-19(21(26)27-15-28-22)20(24(30)34-14-18-5-3-4-12-33-18)23(31)29-17-8-6-16(7-9-17)13-32-2/h6-9,15,18H,3-5,10-14H2,1-2H3,(H,29,31)(H2,26,27,28). The first-order valence-electron chi connectivity index (χ1n) is 11.8. The highest BCUT2D eigenvalue weighted by Gasteiger charge is 2.45. The van der Waals surface area contributed by atoms with Crippen LogP contribution in [0.5, 0.6) is 5.88 Å². The highest BCUT2D eigenvalue weighted by Crippen LogP contribution is 2.50. The second-order valence-electron chi connectivity index (χ2n) is 9.35. The van der Waals surface area contributed by atoms with Crippen LogP contribution in [0.25, 0.3) is 11.0 Å². The molecule has 3 heterocycles. The molecule has 0 radical (unpaired) electrons. The van der Waals surface area contributed by atoms with E-state index in [-0.39, 0.29) is 23.4 Å². The maximum absolute atomic E-state index is 13.7. The molecule has 1 amide bonds. The first-order chi connectivity index (χ1) is 16.5. The van der Waals surface area contributed by atoms with E-state index < -0.39 is 0 Å². The summed E-state index contributed by atoms with van der Waals surface area (Å²) in [5.74, 6) is 0.422. The van der Waals surface area contributed by atoms with Crippen molar-refractivity contribution in [1.29, 1.82) is 0 Å². The van der Waals surface area contributed by atoms with Gasteiger partial charge in [-0.15, -0.1) is 0 Å². The third-order valence-corrected chi connectivity index (χ3v) is 6.68. The fourth-order valence-electron chi connectivity index (χ4n) is 4.52. The highest BCUT2D eigenvalue weighted by atomic mass is 16.5. The summed E-state index contributed by atoms with van der Waals surface area (Å²) in [6.07, 6.45) is 6.49. The summed E-state index contributed by atoms with van der Waals surface area (Å²) in [4.78, 5) is 22.3. The summed E-state index contributed by atoms with van der Waals surface area (Å²) in [5, 5.41) is 3.51. The van der Waals surface area contributed by atoms with Crippen LogP contribution in [0.4, 0.5) is 11.5 Å². The van der Waals surface area contributed by atoms with Gasteiger partial charge in [-0.05, 0) is 56.7 Å². The number of hydrogen-bond donors (Lipinski definition) is 2. The van der Waals surface area contributed by atoms with Crippen molar-refractivity contribution in [2.24, 2.45) is 0 Å². The molecule has 180 valence electrons. The van der Waals surface area contributed by atoms with Crippen molar-refractivity contribution < 1.29 is 19.0 Å². The molecule has 2 aromatic heterocycles. The number of anilines is 2. The van der Waals surface area contributed by atoms with Crippen LogP contribution in [0.2, 0.25) is 0 Å². The van der Waals surface area contributed by atoms with E-state index in [0.29, 0.717) is 41.4 Å². The molecule has 1 aromatic carbocycles. The number of nitrogens with zero attached hydrogens (tertiary/aromatic N) is 3. The van der Waals surface area contributed by atoms with E-state index in [1.54, 1.807) is 7.11 Å². The Balaban J connectivity index is 1.54. The van der Waals surface area contributed by atoms with Crippen LogP contribution in [-0.2, 0) is 21.6 Å². The Morgan fingerprint density at radius 1 is 1.26 bits per heavy atom. The number of aromatic nitrogens is 3. The number of ether oxygens (including phenoxy) is 3. The summed E-state index contributed by atoms with van der Waals surface area (Å²) < 4.78 is 19.4. The molecule has 1 aliphatic heterocycles. The lowest BCUT2D eigenvalue weighted by molar-refractivity contribution is -0.0130. The molecule has 1 atom stereocenters. The second kappa shape index (κ2) is 9.23. The van der Waals surface area contributed by atoms with Crippen molar-refractivity contribution in [2.75, 3.05) is 31.4 Å². The molecule has 34 heavy (non-hydrogen) atoms. The molecule has 5 rings (SSSR count). The van der Waals surface area contributed by atoms with Gasteiger partial charge in [-0.1, -0.05) is 12.1 Å². The fourth-order valence-corrected chi connectivity index (χ4v) is 4.52. The van der Waals surface area contributed by atoms with Gasteiger partial charge >= 0.3 is 0 Å². The van der Waals surface area contributed by atoms with Crippen molar-refractivity contribution in [3.05, 3.63) is 41.7 Å². The van der Waals surface area contributed by atoms with E-state index in [2.05, 4.69) is 22.2 Å². The average Bonchev–Trinajstić information content (AvgIpc) is 3.48. The fraction of sp³-hybridized carbons (Fsp3) is 0.480. The van der Waals surface area contributed by atoms with Gasteiger partial charge in [0.15, 0.2) is 0 Å². The SMILES string of the molecule is COCc1ccc(NC(=O)c2c(OCC3CCCCO3)n(C3(C)CC3)c3ncnc(N)c23)cc1. The maximum Gasteiger partial charge on any atom is 0.261 e. The third-order valence-electron chi connectivity index (χ3n) is 6.68. The lowest BCUT2D eigenvalue weighted by atomic mass is 10.1. The van der Waals surface area contributed by atoms with Gasteiger partial charge in [0, 0.05) is 24.9 Å². The largest absolute Gasteiger partial charge is 0.475 e. The van der Waals surface area contributed by atoms with E-state index in [9.17, 15) is 4.79 Å². The predicted octanol–water partition coefficient (Wildman–Crippen LogP) is 3.87. The topological polar surface area (TPSA) is 114 Å². The Bertz CT molecular complexity index is 1180.